The van der Waals surface area contributed by atoms with Crippen LogP contribution in [-0.4, -0.2) is 11.0 Å². The first-order valence-corrected chi connectivity index (χ1v) is 5.54. The molecule has 0 spiro atoms. The molecular formula is C7H10BrN3S. The molecule has 1 heterocycles. The maximum absolute atomic E-state index is 5.86. The zero-order valence-corrected chi connectivity index (χ0v) is 8.86. The first-order valence-electron chi connectivity index (χ1n) is 3.81. The summed E-state index contributed by atoms with van der Waals surface area (Å²) in [5.74, 6) is 0. The molecule has 0 amide bonds. The molecule has 0 fully saturated rings. The van der Waals surface area contributed by atoms with Gasteiger partial charge in [0, 0.05) is 10.9 Å². The molecule has 0 bridgehead atoms. The average molecular weight is 248 g/mol. The molecule has 5 heteroatoms. The summed E-state index contributed by atoms with van der Waals surface area (Å²) in [4.78, 5) is 5.80. The fourth-order valence-electron chi connectivity index (χ4n) is 1.47. The second kappa shape index (κ2) is 2.97. The summed E-state index contributed by atoms with van der Waals surface area (Å²) < 4.78 is 0. The van der Waals surface area contributed by atoms with E-state index in [0.29, 0.717) is 9.96 Å². The predicted molar refractivity (Wildman–Crippen MR) is 54.5 cm³/mol. The summed E-state index contributed by atoms with van der Waals surface area (Å²) in [5.41, 5.74) is 12.6. The van der Waals surface area contributed by atoms with Crippen LogP contribution in [-0.2, 0) is 6.42 Å². The number of nitrogens with two attached hydrogens (primary N) is 2. The Bertz CT molecular complexity index is 299. The summed E-state index contributed by atoms with van der Waals surface area (Å²) in [7, 11) is 0. The molecule has 0 aliphatic heterocycles. The Labute approximate surface area is 83.3 Å². The minimum atomic E-state index is 0.252. The predicted octanol–water partition coefficient (Wildman–Crippen LogP) is 1.43. The molecule has 12 heavy (non-hydrogen) atoms. The second-order valence-corrected chi connectivity index (χ2v) is 5.25. The minimum Gasteiger partial charge on any atom is -0.375 e. The van der Waals surface area contributed by atoms with Crippen molar-refractivity contribution in [3.63, 3.8) is 0 Å². The van der Waals surface area contributed by atoms with E-state index in [1.807, 2.05) is 0 Å². The maximum atomic E-state index is 5.86. The van der Waals surface area contributed by atoms with Crippen LogP contribution in [0.15, 0.2) is 0 Å². The number of fused-ring (bicyclic) bond motifs is 1. The molecule has 1 aliphatic carbocycles. The zero-order chi connectivity index (χ0) is 8.72. The molecule has 1 aromatic rings. The molecule has 0 radical (unpaired) electrons. The lowest BCUT2D eigenvalue weighted by Crippen LogP contribution is -2.28. The number of nitrogen functional groups attached to an aromatic ring is 1. The van der Waals surface area contributed by atoms with Gasteiger partial charge in [0.05, 0.1) is 10.5 Å². The SMILES string of the molecule is Nc1nc2c(s1)CC(N)CC2Br. The quantitative estimate of drug-likeness (QED) is 0.683. The van der Waals surface area contributed by atoms with Gasteiger partial charge in [0.1, 0.15) is 0 Å². The van der Waals surface area contributed by atoms with Gasteiger partial charge in [-0.3, -0.25) is 0 Å². The molecule has 1 aromatic heterocycles. The highest BCUT2D eigenvalue weighted by atomic mass is 79.9. The first kappa shape index (κ1) is 8.47. The van der Waals surface area contributed by atoms with Gasteiger partial charge in [-0.1, -0.05) is 15.9 Å². The van der Waals surface area contributed by atoms with E-state index in [4.69, 9.17) is 11.5 Å². The van der Waals surface area contributed by atoms with Gasteiger partial charge in [-0.15, -0.1) is 11.3 Å². The third-order valence-electron chi connectivity index (χ3n) is 2.00. The minimum absolute atomic E-state index is 0.252. The van der Waals surface area contributed by atoms with E-state index in [0.717, 1.165) is 18.5 Å². The van der Waals surface area contributed by atoms with Gasteiger partial charge in [-0.05, 0) is 12.8 Å². The van der Waals surface area contributed by atoms with Crippen molar-refractivity contribution < 1.29 is 0 Å². The number of rotatable bonds is 0. The number of aromatic nitrogens is 1. The normalized spacial score (nSPS) is 28.5. The third-order valence-corrected chi connectivity index (χ3v) is 3.73. The molecule has 2 unspecified atom stereocenters. The van der Waals surface area contributed by atoms with Crippen LogP contribution in [0.4, 0.5) is 5.13 Å². The number of nitrogens with zero attached hydrogens (tertiary/aromatic N) is 1. The van der Waals surface area contributed by atoms with E-state index >= 15 is 0 Å². The molecule has 2 rings (SSSR count). The fraction of sp³-hybridized carbons (Fsp3) is 0.571. The largest absolute Gasteiger partial charge is 0.375 e. The summed E-state index contributed by atoms with van der Waals surface area (Å²) in [6.07, 6.45) is 1.88. The Hall–Kier alpha value is -0.130. The van der Waals surface area contributed by atoms with Crippen LogP contribution in [0.25, 0.3) is 0 Å². The summed E-state index contributed by atoms with van der Waals surface area (Å²) in [6, 6.07) is 0.252. The molecule has 2 atom stereocenters. The third kappa shape index (κ3) is 1.36. The van der Waals surface area contributed by atoms with Crippen LogP contribution in [0.1, 0.15) is 21.8 Å². The van der Waals surface area contributed by atoms with Crippen molar-refractivity contribution in [2.24, 2.45) is 5.73 Å². The Morgan fingerprint density at radius 1 is 1.58 bits per heavy atom. The fourth-order valence-corrected chi connectivity index (χ4v) is 3.47. The summed E-state index contributed by atoms with van der Waals surface area (Å²) in [6.45, 7) is 0. The Morgan fingerprint density at radius 3 is 3.08 bits per heavy atom. The highest BCUT2D eigenvalue weighted by molar-refractivity contribution is 9.09. The number of hydrogen-bond donors (Lipinski definition) is 2. The Kier molecular flexibility index (Phi) is 2.10. The molecule has 0 saturated carbocycles. The van der Waals surface area contributed by atoms with Gasteiger partial charge < -0.3 is 11.5 Å². The average Bonchev–Trinajstić information content (AvgIpc) is 2.29. The molecule has 1 aliphatic rings. The topological polar surface area (TPSA) is 64.9 Å². The lowest BCUT2D eigenvalue weighted by molar-refractivity contribution is 0.573. The van der Waals surface area contributed by atoms with Gasteiger partial charge >= 0.3 is 0 Å². The lowest BCUT2D eigenvalue weighted by Gasteiger charge is -2.21. The van der Waals surface area contributed by atoms with Gasteiger partial charge in [0.2, 0.25) is 0 Å². The molecule has 66 valence electrons. The van der Waals surface area contributed by atoms with E-state index in [1.54, 1.807) is 11.3 Å². The van der Waals surface area contributed by atoms with E-state index in [9.17, 15) is 0 Å². The summed E-state index contributed by atoms with van der Waals surface area (Å²) >= 11 is 5.10. The Balaban J connectivity index is 2.40. The standard InChI is InChI=1S/C7H10BrN3S/c8-4-1-3(9)2-5-6(4)11-7(10)12-5/h3-4H,1-2,9H2,(H2,10,11). The van der Waals surface area contributed by atoms with Gasteiger partial charge in [-0.25, -0.2) is 4.98 Å². The number of halogens is 1. The lowest BCUT2D eigenvalue weighted by atomic mass is 9.99. The van der Waals surface area contributed by atoms with Crippen LogP contribution in [0.2, 0.25) is 0 Å². The number of anilines is 1. The van der Waals surface area contributed by atoms with Crippen molar-refractivity contribution in [1.29, 1.82) is 0 Å². The molecule has 3 nitrogen and oxygen atoms in total. The first-order chi connectivity index (χ1) is 5.66. The van der Waals surface area contributed by atoms with Crippen LogP contribution < -0.4 is 11.5 Å². The van der Waals surface area contributed by atoms with Crippen molar-refractivity contribution in [1.82, 2.24) is 4.98 Å². The molecule has 4 N–H and O–H groups in total. The van der Waals surface area contributed by atoms with E-state index < -0.39 is 0 Å². The smallest absolute Gasteiger partial charge is 0.180 e. The van der Waals surface area contributed by atoms with Crippen molar-refractivity contribution in [3.05, 3.63) is 10.6 Å². The zero-order valence-electron chi connectivity index (χ0n) is 6.46. The molecule has 0 aromatic carbocycles. The monoisotopic (exact) mass is 247 g/mol. The van der Waals surface area contributed by atoms with Gasteiger partial charge in [0.25, 0.3) is 0 Å². The van der Waals surface area contributed by atoms with E-state index in [2.05, 4.69) is 20.9 Å². The van der Waals surface area contributed by atoms with Crippen molar-refractivity contribution in [2.45, 2.75) is 23.7 Å². The Morgan fingerprint density at radius 2 is 2.33 bits per heavy atom. The van der Waals surface area contributed by atoms with Crippen LogP contribution in [0, 0.1) is 0 Å². The van der Waals surface area contributed by atoms with Crippen molar-refractivity contribution in [2.75, 3.05) is 5.73 Å². The molecule has 0 saturated heterocycles. The second-order valence-electron chi connectivity index (χ2n) is 3.03. The highest BCUT2D eigenvalue weighted by Gasteiger charge is 2.26. The molecular weight excluding hydrogens is 238 g/mol. The number of hydrogen-bond acceptors (Lipinski definition) is 4. The van der Waals surface area contributed by atoms with Crippen LogP contribution in [0.3, 0.4) is 0 Å². The van der Waals surface area contributed by atoms with E-state index in [-0.39, 0.29) is 6.04 Å². The van der Waals surface area contributed by atoms with Gasteiger partial charge in [-0.2, -0.15) is 0 Å². The van der Waals surface area contributed by atoms with Crippen molar-refractivity contribution >= 4 is 32.4 Å². The summed E-state index contributed by atoms with van der Waals surface area (Å²) in [5, 5.41) is 0.651. The number of thiazole rings is 1. The van der Waals surface area contributed by atoms with Gasteiger partial charge in [0.15, 0.2) is 5.13 Å². The van der Waals surface area contributed by atoms with E-state index in [1.165, 1.54) is 4.88 Å². The number of alkyl halides is 1. The maximum Gasteiger partial charge on any atom is 0.180 e. The van der Waals surface area contributed by atoms with Crippen molar-refractivity contribution in [3.8, 4) is 0 Å². The highest BCUT2D eigenvalue weighted by Crippen LogP contribution is 2.38. The van der Waals surface area contributed by atoms with Crippen LogP contribution >= 0.6 is 27.3 Å². The van der Waals surface area contributed by atoms with Crippen LogP contribution in [0.5, 0.6) is 0 Å².